The second-order valence-electron chi connectivity index (χ2n) is 7.71. The number of aryl methyl sites for hydroxylation is 4. The number of carbonyl (C=O) groups is 1. The highest BCUT2D eigenvalue weighted by molar-refractivity contribution is 5.94. The van der Waals surface area contributed by atoms with E-state index in [9.17, 15) is 18.0 Å². The first-order valence-corrected chi connectivity index (χ1v) is 10.3. The van der Waals surface area contributed by atoms with E-state index in [0.29, 0.717) is 30.8 Å². The summed E-state index contributed by atoms with van der Waals surface area (Å²) in [5, 5.41) is 6.37. The van der Waals surface area contributed by atoms with Crippen molar-refractivity contribution in [2.24, 2.45) is 0 Å². The zero-order chi connectivity index (χ0) is 23.3. The van der Waals surface area contributed by atoms with Crippen LogP contribution in [0.25, 0.3) is 0 Å². The molecule has 0 saturated heterocycles. The molecular weight excluding hydrogens is 419 g/mol. The van der Waals surface area contributed by atoms with Crippen LogP contribution in [-0.4, -0.2) is 22.2 Å². The predicted octanol–water partition coefficient (Wildman–Crippen LogP) is 5.23. The molecule has 0 unspecified atom stereocenters. The normalized spacial score (nSPS) is 11.4. The van der Waals surface area contributed by atoms with Gasteiger partial charge in [-0.25, -0.2) is 0 Å². The number of benzene rings is 2. The molecule has 0 saturated carbocycles. The molecule has 32 heavy (non-hydrogen) atoms. The molecule has 0 atom stereocenters. The monoisotopic (exact) mass is 445 g/mol. The molecule has 0 aliphatic rings. The largest absolute Gasteiger partial charge is 0.488 e. The molecule has 0 aliphatic carbocycles. The Morgan fingerprint density at radius 1 is 1.06 bits per heavy atom. The van der Waals surface area contributed by atoms with Gasteiger partial charge in [0.25, 0.3) is 5.91 Å². The maximum atomic E-state index is 12.7. The van der Waals surface area contributed by atoms with E-state index in [0.717, 1.165) is 28.5 Å². The summed E-state index contributed by atoms with van der Waals surface area (Å²) in [6, 6.07) is 14.1. The second-order valence-corrected chi connectivity index (χ2v) is 7.71. The number of rotatable bonds is 8. The van der Waals surface area contributed by atoms with E-state index in [4.69, 9.17) is 4.74 Å². The first kappa shape index (κ1) is 23.4. The average molecular weight is 445 g/mol. The molecule has 0 radical (unpaired) electrons. The molecular formula is C24H26F3N3O2. The molecule has 1 aromatic heterocycles. The number of halogens is 3. The minimum absolute atomic E-state index is 0.236. The molecule has 0 fully saturated rings. The number of nitrogens with zero attached hydrogens (tertiary/aromatic N) is 2. The number of hydrogen-bond donors (Lipinski definition) is 1. The van der Waals surface area contributed by atoms with E-state index in [1.807, 2.05) is 44.2 Å². The first-order chi connectivity index (χ1) is 15.1. The van der Waals surface area contributed by atoms with Gasteiger partial charge in [-0.05, 0) is 62.1 Å². The Bertz CT molecular complexity index is 1050. The Morgan fingerprint density at radius 2 is 1.72 bits per heavy atom. The van der Waals surface area contributed by atoms with Gasteiger partial charge in [0.15, 0.2) is 5.69 Å². The van der Waals surface area contributed by atoms with Crippen molar-refractivity contribution in [2.45, 2.75) is 46.5 Å². The van der Waals surface area contributed by atoms with Gasteiger partial charge in [-0.1, -0.05) is 30.3 Å². The lowest BCUT2D eigenvalue weighted by Gasteiger charge is -2.12. The minimum Gasteiger partial charge on any atom is -0.488 e. The highest BCUT2D eigenvalue weighted by atomic mass is 19.4. The van der Waals surface area contributed by atoms with Crippen LogP contribution in [0.4, 0.5) is 13.2 Å². The number of ether oxygens (including phenoxy) is 1. The van der Waals surface area contributed by atoms with Crippen LogP contribution in [0.15, 0.2) is 48.5 Å². The fraction of sp³-hybridized carbons (Fsp3) is 0.333. The van der Waals surface area contributed by atoms with Crippen molar-refractivity contribution in [1.29, 1.82) is 0 Å². The highest BCUT2D eigenvalue weighted by Crippen LogP contribution is 2.28. The zero-order valence-corrected chi connectivity index (χ0v) is 18.3. The van der Waals surface area contributed by atoms with Gasteiger partial charge in [-0.15, -0.1) is 0 Å². The molecule has 1 N–H and O–H groups in total. The molecule has 2 aromatic carbocycles. The molecule has 1 amide bonds. The number of hydrogen-bond acceptors (Lipinski definition) is 3. The van der Waals surface area contributed by atoms with E-state index in [1.165, 1.54) is 4.68 Å². The van der Waals surface area contributed by atoms with Gasteiger partial charge >= 0.3 is 6.18 Å². The summed E-state index contributed by atoms with van der Waals surface area (Å²) in [7, 11) is 0. The number of alkyl halides is 3. The summed E-state index contributed by atoms with van der Waals surface area (Å²) in [4.78, 5) is 12.3. The summed E-state index contributed by atoms with van der Waals surface area (Å²) >= 11 is 0. The summed E-state index contributed by atoms with van der Waals surface area (Å²) in [5.41, 5.74) is 3.12. The topological polar surface area (TPSA) is 56.1 Å². The van der Waals surface area contributed by atoms with Crippen molar-refractivity contribution < 1.29 is 22.7 Å². The fourth-order valence-corrected chi connectivity index (χ4v) is 3.34. The zero-order valence-electron chi connectivity index (χ0n) is 18.3. The van der Waals surface area contributed by atoms with E-state index < -0.39 is 11.9 Å². The number of carbonyl (C=O) groups excluding carboxylic acids is 1. The molecule has 3 rings (SSSR count). The fourth-order valence-electron chi connectivity index (χ4n) is 3.34. The van der Waals surface area contributed by atoms with Crippen LogP contribution in [0.3, 0.4) is 0 Å². The summed E-state index contributed by atoms with van der Waals surface area (Å²) < 4.78 is 45.4. The number of para-hydroxylation sites is 1. The SMILES string of the molecule is Cc1cccc(C)c1OCc1ccc(C(=O)NCCCn2nc(C(F)(F)F)cc2C)cc1. The number of amides is 1. The van der Waals surface area contributed by atoms with E-state index in [1.54, 1.807) is 19.1 Å². The summed E-state index contributed by atoms with van der Waals surface area (Å²) in [6.07, 6.45) is -3.99. The van der Waals surface area contributed by atoms with Crippen LogP contribution in [0.1, 0.15) is 44.9 Å². The Balaban J connectivity index is 1.46. The lowest BCUT2D eigenvalue weighted by Crippen LogP contribution is -2.25. The molecule has 8 heteroatoms. The maximum absolute atomic E-state index is 12.7. The van der Waals surface area contributed by atoms with Gasteiger partial charge in [-0.2, -0.15) is 18.3 Å². The quantitative estimate of drug-likeness (QED) is 0.484. The van der Waals surface area contributed by atoms with Crippen molar-refractivity contribution in [3.05, 3.63) is 82.2 Å². The molecule has 1 heterocycles. The van der Waals surface area contributed by atoms with E-state index >= 15 is 0 Å². The van der Waals surface area contributed by atoms with Crippen LogP contribution in [0.5, 0.6) is 5.75 Å². The average Bonchev–Trinajstić information content (AvgIpc) is 3.12. The Hall–Kier alpha value is -3.29. The van der Waals surface area contributed by atoms with Gasteiger partial charge in [-0.3, -0.25) is 9.48 Å². The van der Waals surface area contributed by atoms with Gasteiger partial charge in [0.1, 0.15) is 12.4 Å². The Morgan fingerprint density at radius 3 is 2.31 bits per heavy atom. The maximum Gasteiger partial charge on any atom is 0.435 e. The number of aromatic nitrogens is 2. The van der Waals surface area contributed by atoms with E-state index in [2.05, 4.69) is 10.4 Å². The molecule has 0 spiro atoms. The third kappa shape index (κ3) is 5.90. The third-order valence-corrected chi connectivity index (χ3v) is 5.11. The van der Waals surface area contributed by atoms with Crippen molar-refractivity contribution in [1.82, 2.24) is 15.1 Å². The third-order valence-electron chi connectivity index (χ3n) is 5.11. The van der Waals surface area contributed by atoms with Crippen LogP contribution < -0.4 is 10.1 Å². The van der Waals surface area contributed by atoms with Crippen molar-refractivity contribution >= 4 is 5.91 Å². The second kappa shape index (κ2) is 9.89. The van der Waals surface area contributed by atoms with Gasteiger partial charge in [0.2, 0.25) is 0 Å². The van der Waals surface area contributed by atoms with Crippen molar-refractivity contribution in [3.8, 4) is 5.75 Å². The first-order valence-electron chi connectivity index (χ1n) is 10.3. The standard InChI is InChI=1S/C24H26F3N3O2/c1-16-6-4-7-17(2)22(16)32-15-19-8-10-20(11-9-19)23(31)28-12-5-13-30-18(3)14-21(29-30)24(25,26)27/h4,6-11,14H,5,12-13,15H2,1-3H3,(H,28,31). The molecule has 0 bridgehead atoms. The lowest BCUT2D eigenvalue weighted by atomic mass is 10.1. The highest BCUT2D eigenvalue weighted by Gasteiger charge is 2.34. The Labute approximate surface area is 185 Å². The number of nitrogens with one attached hydrogen (secondary N) is 1. The summed E-state index contributed by atoms with van der Waals surface area (Å²) in [5.74, 6) is 0.629. The lowest BCUT2D eigenvalue weighted by molar-refractivity contribution is -0.141. The molecule has 5 nitrogen and oxygen atoms in total. The summed E-state index contributed by atoms with van der Waals surface area (Å²) in [6.45, 7) is 6.59. The van der Waals surface area contributed by atoms with Crippen LogP contribution in [0, 0.1) is 20.8 Å². The van der Waals surface area contributed by atoms with Crippen molar-refractivity contribution in [3.63, 3.8) is 0 Å². The van der Waals surface area contributed by atoms with Crippen LogP contribution in [-0.2, 0) is 19.3 Å². The molecule has 3 aromatic rings. The van der Waals surface area contributed by atoms with Gasteiger partial charge in [0.05, 0.1) is 0 Å². The molecule has 170 valence electrons. The smallest absolute Gasteiger partial charge is 0.435 e. The predicted molar refractivity (Wildman–Crippen MR) is 116 cm³/mol. The Kier molecular flexibility index (Phi) is 7.22. The van der Waals surface area contributed by atoms with Gasteiger partial charge < -0.3 is 10.1 Å². The van der Waals surface area contributed by atoms with E-state index in [-0.39, 0.29) is 12.5 Å². The van der Waals surface area contributed by atoms with Crippen LogP contribution >= 0.6 is 0 Å². The van der Waals surface area contributed by atoms with Crippen molar-refractivity contribution in [2.75, 3.05) is 6.54 Å². The van der Waals surface area contributed by atoms with Crippen LogP contribution in [0.2, 0.25) is 0 Å². The van der Waals surface area contributed by atoms with Gasteiger partial charge in [0, 0.05) is 24.3 Å². The minimum atomic E-state index is -4.46. The molecule has 0 aliphatic heterocycles.